The van der Waals surface area contributed by atoms with Crippen LogP contribution in [0.3, 0.4) is 0 Å². The van der Waals surface area contributed by atoms with Crippen LogP contribution in [0, 0.1) is 0 Å². The van der Waals surface area contributed by atoms with Crippen LogP contribution < -0.4 is 5.32 Å². The molecule has 100 valence electrons. The van der Waals surface area contributed by atoms with Gasteiger partial charge in [-0.1, -0.05) is 18.2 Å². The average Bonchev–Trinajstić information content (AvgIpc) is 2.80. The molecule has 0 aliphatic carbocycles. The zero-order valence-corrected chi connectivity index (χ0v) is 11.2. The second kappa shape index (κ2) is 4.35. The number of piperazine rings is 1. The lowest BCUT2D eigenvalue weighted by atomic mass is 10.0. The van der Waals surface area contributed by atoms with Gasteiger partial charge in [0.15, 0.2) is 5.69 Å². The van der Waals surface area contributed by atoms with E-state index in [1.807, 2.05) is 29.2 Å². The van der Waals surface area contributed by atoms with Gasteiger partial charge in [0.2, 0.25) is 0 Å². The third-order valence-electron chi connectivity index (χ3n) is 3.53. The van der Waals surface area contributed by atoms with Crippen molar-refractivity contribution in [3.05, 3.63) is 30.0 Å². The van der Waals surface area contributed by atoms with E-state index in [1.54, 1.807) is 0 Å². The summed E-state index contributed by atoms with van der Waals surface area (Å²) >= 11 is 0. The molecule has 3 rings (SSSR count). The molecule has 0 spiro atoms. The fraction of sp³-hybridized carbons (Fsp3) is 0.429. The first-order valence-electron chi connectivity index (χ1n) is 6.54. The number of carbonyl (C=O) groups is 1. The quantitative estimate of drug-likeness (QED) is 0.812. The number of amides is 1. The molecular weight excluding hydrogens is 240 g/mol. The van der Waals surface area contributed by atoms with Crippen LogP contribution in [0.25, 0.3) is 10.9 Å². The number of H-pyrrole nitrogens is 1. The van der Waals surface area contributed by atoms with Gasteiger partial charge in [0.1, 0.15) is 0 Å². The molecule has 1 amide bonds. The maximum Gasteiger partial charge on any atom is 0.275 e. The van der Waals surface area contributed by atoms with Gasteiger partial charge in [-0.25, -0.2) is 0 Å². The van der Waals surface area contributed by atoms with E-state index in [-0.39, 0.29) is 11.4 Å². The third kappa shape index (κ3) is 2.21. The van der Waals surface area contributed by atoms with E-state index >= 15 is 0 Å². The van der Waals surface area contributed by atoms with E-state index in [2.05, 4.69) is 29.4 Å². The highest BCUT2D eigenvalue weighted by molar-refractivity contribution is 6.04. The number of para-hydroxylation sites is 1. The molecule has 1 aromatic heterocycles. The smallest absolute Gasteiger partial charge is 0.275 e. The first kappa shape index (κ1) is 12.2. The van der Waals surface area contributed by atoms with Crippen LogP contribution in [0.5, 0.6) is 0 Å². The van der Waals surface area contributed by atoms with Crippen molar-refractivity contribution in [3.63, 3.8) is 0 Å². The van der Waals surface area contributed by atoms with E-state index < -0.39 is 0 Å². The first-order valence-corrected chi connectivity index (χ1v) is 6.54. The number of nitrogens with one attached hydrogen (secondary N) is 2. The maximum atomic E-state index is 12.6. The van der Waals surface area contributed by atoms with Crippen molar-refractivity contribution in [2.24, 2.45) is 0 Å². The molecule has 5 heteroatoms. The number of nitrogens with zero attached hydrogens (tertiary/aromatic N) is 2. The molecule has 1 aromatic carbocycles. The highest BCUT2D eigenvalue weighted by Gasteiger charge is 2.30. The lowest BCUT2D eigenvalue weighted by molar-refractivity contribution is 0.0648. The second-order valence-electron chi connectivity index (χ2n) is 5.66. The Balaban J connectivity index is 1.91. The Kier molecular flexibility index (Phi) is 2.78. The predicted molar refractivity (Wildman–Crippen MR) is 74.1 cm³/mol. The number of rotatable bonds is 1. The number of fused-ring (bicyclic) bond motifs is 1. The van der Waals surface area contributed by atoms with Gasteiger partial charge in [-0.2, -0.15) is 5.10 Å². The Morgan fingerprint density at radius 2 is 2.16 bits per heavy atom. The van der Waals surface area contributed by atoms with Crippen molar-refractivity contribution in [1.82, 2.24) is 20.4 Å². The van der Waals surface area contributed by atoms with Crippen molar-refractivity contribution >= 4 is 16.8 Å². The minimum atomic E-state index is -0.0416. The summed E-state index contributed by atoms with van der Waals surface area (Å²) < 4.78 is 0. The van der Waals surface area contributed by atoms with Crippen molar-refractivity contribution < 1.29 is 4.79 Å². The monoisotopic (exact) mass is 258 g/mol. The molecular formula is C14H18N4O. The van der Waals surface area contributed by atoms with Crippen molar-refractivity contribution in [2.45, 2.75) is 19.4 Å². The molecule has 1 fully saturated rings. The highest BCUT2D eigenvalue weighted by atomic mass is 16.2. The molecule has 19 heavy (non-hydrogen) atoms. The molecule has 0 bridgehead atoms. The zero-order chi connectivity index (χ0) is 13.5. The molecule has 1 saturated heterocycles. The number of aromatic nitrogens is 2. The molecule has 2 heterocycles. The Hall–Kier alpha value is -1.88. The van der Waals surface area contributed by atoms with Gasteiger partial charge in [0, 0.05) is 30.6 Å². The summed E-state index contributed by atoms with van der Waals surface area (Å²) in [6.07, 6.45) is 0. The SMILES string of the molecule is CC1(C)CN(C(=O)c2n[nH]c3ccccc23)CCN1. The minimum absolute atomic E-state index is 0.00650. The summed E-state index contributed by atoms with van der Waals surface area (Å²) in [5.41, 5.74) is 1.38. The van der Waals surface area contributed by atoms with Crippen LogP contribution in [0.1, 0.15) is 24.3 Å². The Labute approximate surface area is 112 Å². The average molecular weight is 258 g/mol. The summed E-state index contributed by atoms with van der Waals surface area (Å²) in [6.45, 7) is 6.46. The van der Waals surface area contributed by atoms with E-state index in [0.717, 1.165) is 24.0 Å². The minimum Gasteiger partial charge on any atom is -0.334 e. The number of aromatic amines is 1. The Bertz CT molecular complexity index is 617. The van der Waals surface area contributed by atoms with Gasteiger partial charge in [-0.15, -0.1) is 0 Å². The molecule has 0 saturated carbocycles. The number of carbonyl (C=O) groups excluding carboxylic acids is 1. The zero-order valence-electron chi connectivity index (χ0n) is 11.2. The largest absolute Gasteiger partial charge is 0.334 e. The summed E-state index contributed by atoms with van der Waals surface area (Å²) in [4.78, 5) is 14.5. The number of hydrogen-bond acceptors (Lipinski definition) is 3. The standard InChI is InChI=1S/C14H18N4O/c1-14(2)9-18(8-7-15-14)13(19)12-10-5-3-4-6-11(10)16-17-12/h3-6,15H,7-9H2,1-2H3,(H,16,17). The van der Waals surface area contributed by atoms with E-state index in [9.17, 15) is 4.79 Å². The van der Waals surface area contributed by atoms with Crippen molar-refractivity contribution in [3.8, 4) is 0 Å². The Morgan fingerprint density at radius 1 is 1.37 bits per heavy atom. The van der Waals surface area contributed by atoms with Gasteiger partial charge in [0.05, 0.1) is 5.52 Å². The van der Waals surface area contributed by atoms with Crippen LogP contribution >= 0.6 is 0 Å². The molecule has 5 nitrogen and oxygen atoms in total. The van der Waals surface area contributed by atoms with Crippen LogP contribution in [-0.2, 0) is 0 Å². The number of benzene rings is 1. The van der Waals surface area contributed by atoms with Gasteiger partial charge in [-0.05, 0) is 19.9 Å². The van der Waals surface area contributed by atoms with Crippen molar-refractivity contribution in [1.29, 1.82) is 0 Å². The molecule has 0 unspecified atom stereocenters. The number of hydrogen-bond donors (Lipinski definition) is 2. The summed E-state index contributed by atoms with van der Waals surface area (Å²) in [7, 11) is 0. The van der Waals surface area contributed by atoms with E-state index in [1.165, 1.54) is 0 Å². The van der Waals surface area contributed by atoms with Gasteiger partial charge in [0.25, 0.3) is 5.91 Å². The van der Waals surface area contributed by atoms with E-state index in [0.29, 0.717) is 12.2 Å². The Morgan fingerprint density at radius 3 is 2.95 bits per heavy atom. The third-order valence-corrected chi connectivity index (χ3v) is 3.53. The van der Waals surface area contributed by atoms with Crippen LogP contribution in [0.4, 0.5) is 0 Å². The van der Waals surface area contributed by atoms with E-state index in [4.69, 9.17) is 0 Å². The predicted octanol–water partition coefficient (Wildman–Crippen LogP) is 1.39. The fourth-order valence-electron chi connectivity index (χ4n) is 2.59. The second-order valence-corrected chi connectivity index (χ2v) is 5.66. The molecule has 2 aromatic rings. The highest BCUT2D eigenvalue weighted by Crippen LogP contribution is 2.19. The fourth-order valence-corrected chi connectivity index (χ4v) is 2.59. The normalized spacial score (nSPS) is 18.7. The van der Waals surface area contributed by atoms with Crippen LogP contribution in [-0.4, -0.2) is 46.2 Å². The van der Waals surface area contributed by atoms with Crippen LogP contribution in [0.15, 0.2) is 24.3 Å². The topological polar surface area (TPSA) is 61.0 Å². The molecule has 2 N–H and O–H groups in total. The summed E-state index contributed by atoms with van der Waals surface area (Å²) in [5.74, 6) is 0.00650. The van der Waals surface area contributed by atoms with Crippen LogP contribution in [0.2, 0.25) is 0 Å². The lowest BCUT2D eigenvalue weighted by Gasteiger charge is -2.38. The van der Waals surface area contributed by atoms with Gasteiger partial charge >= 0.3 is 0 Å². The molecule has 1 aliphatic heterocycles. The molecule has 0 atom stereocenters. The maximum absolute atomic E-state index is 12.6. The lowest BCUT2D eigenvalue weighted by Crippen LogP contribution is -2.58. The van der Waals surface area contributed by atoms with Gasteiger partial charge < -0.3 is 10.2 Å². The van der Waals surface area contributed by atoms with Gasteiger partial charge in [-0.3, -0.25) is 9.89 Å². The first-order chi connectivity index (χ1) is 9.07. The summed E-state index contributed by atoms with van der Waals surface area (Å²) in [6, 6.07) is 7.72. The summed E-state index contributed by atoms with van der Waals surface area (Å²) in [5, 5.41) is 11.4. The molecule has 0 radical (unpaired) electrons. The van der Waals surface area contributed by atoms with Crippen molar-refractivity contribution in [2.75, 3.05) is 19.6 Å². The molecule has 1 aliphatic rings.